The molecule has 2 saturated carbocycles. The van der Waals surface area contributed by atoms with Crippen LogP contribution in [0.4, 0.5) is 0 Å². The zero-order chi connectivity index (χ0) is 10.9. The molecule has 0 aromatic carbocycles. The van der Waals surface area contributed by atoms with Crippen molar-refractivity contribution in [3.8, 4) is 0 Å². The van der Waals surface area contributed by atoms with Crippen molar-refractivity contribution in [3.63, 3.8) is 0 Å². The van der Waals surface area contributed by atoms with Crippen molar-refractivity contribution in [2.75, 3.05) is 13.7 Å². The van der Waals surface area contributed by atoms with Gasteiger partial charge in [0.2, 0.25) is 0 Å². The molecule has 2 fully saturated rings. The van der Waals surface area contributed by atoms with Crippen LogP contribution in [0.3, 0.4) is 0 Å². The molecule has 0 saturated heterocycles. The molecule has 2 rings (SSSR count). The van der Waals surface area contributed by atoms with E-state index in [1.807, 2.05) is 0 Å². The number of esters is 1. The van der Waals surface area contributed by atoms with E-state index in [0.717, 1.165) is 25.3 Å². The highest BCUT2D eigenvalue weighted by molar-refractivity contribution is 5.72. The number of methoxy groups -OCH3 is 1. The Balaban J connectivity index is 1.80. The molecule has 3 heteroatoms. The minimum absolute atomic E-state index is 0.0143. The number of carbonyl (C=O) groups is 1. The lowest BCUT2D eigenvalue weighted by atomic mass is 9.54. The Hall–Kier alpha value is -0.570. The SMILES string of the molecule is COC(=O)C1CCC2(CC1)CC(CN)C2. The molecule has 3 nitrogen and oxygen atoms in total. The highest BCUT2D eigenvalue weighted by Crippen LogP contribution is 2.55. The molecule has 2 aliphatic rings. The van der Waals surface area contributed by atoms with Crippen molar-refractivity contribution in [1.82, 2.24) is 0 Å². The first-order valence-corrected chi connectivity index (χ1v) is 5.97. The van der Waals surface area contributed by atoms with Crippen LogP contribution in [0.15, 0.2) is 0 Å². The molecule has 0 aliphatic heterocycles. The predicted octanol–water partition coefficient (Wildman–Crippen LogP) is 1.70. The van der Waals surface area contributed by atoms with Crippen molar-refractivity contribution in [1.29, 1.82) is 0 Å². The number of carbonyl (C=O) groups excluding carboxylic acids is 1. The molecule has 0 amide bonds. The van der Waals surface area contributed by atoms with Crippen LogP contribution >= 0.6 is 0 Å². The second-order valence-corrected chi connectivity index (χ2v) is 5.31. The molecule has 2 N–H and O–H groups in total. The number of hydrogen-bond acceptors (Lipinski definition) is 3. The van der Waals surface area contributed by atoms with Gasteiger partial charge < -0.3 is 10.5 Å². The average Bonchev–Trinajstić information content (AvgIpc) is 2.25. The molecule has 15 heavy (non-hydrogen) atoms. The quantitative estimate of drug-likeness (QED) is 0.707. The number of rotatable bonds is 2. The lowest BCUT2D eigenvalue weighted by Crippen LogP contribution is -2.43. The first-order chi connectivity index (χ1) is 7.19. The summed E-state index contributed by atoms with van der Waals surface area (Å²) in [7, 11) is 1.49. The van der Waals surface area contributed by atoms with Crippen molar-refractivity contribution < 1.29 is 9.53 Å². The topological polar surface area (TPSA) is 52.3 Å². The van der Waals surface area contributed by atoms with E-state index in [2.05, 4.69) is 0 Å². The van der Waals surface area contributed by atoms with Crippen LogP contribution in [0, 0.1) is 17.3 Å². The van der Waals surface area contributed by atoms with Gasteiger partial charge in [0.05, 0.1) is 13.0 Å². The summed E-state index contributed by atoms with van der Waals surface area (Å²) in [4.78, 5) is 11.4. The fourth-order valence-corrected chi connectivity index (χ4v) is 3.37. The van der Waals surface area contributed by atoms with Gasteiger partial charge in [0.25, 0.3) is 0 Å². The highest BCUT2D eigenvalue weighted by Gasteiger charge is 2.46. The third kappa shape index (κ3) is 2.03. The first-order valence-electron chi connectivity index (χ1n) is 5.97. The van der Waals surface area contributed by atoms with E-state index in [1.165, 1.54) is 32.8 Å². The monoisotopic (exact) mass is 211 g/mol. The third-order valence-corrected chi connectivity index (χ3v) is 4.36. The number of nitrogens with two attached hydrogens (primary N) is 1. The predicted molar refractivity (Wildman–Crippen MR) is 58.2 cm³/mol. The van der Waals surface area contributed by atoms with Gasteiger partial charge in [-0.1, -0.05) is 0 Å². The van der Waals surface area contributed by atoms with Crippen molar-refractivity contribution in [3.05, 3.63) is 0 Å². The maximum atomic E-state index is 11.4. The summed E-state index contributed by atoms with van der Waals surface area (Å²) in [6.07, 6.45) is 7.01. The minimum atomic E-state index is -0.0143. The minimum Gasteiger partial charge on any atom is -0.469 e. The summed E-state index contributed by atoms with van der Waals surface area (Å²) >= 11 is 0. The lowest BCUT2D eigenvalue weighted by Gasteiger charge is -2.51. The Kier molecular flexibility index (Phi) is 3.01. The summed E-state index contributed by atoms with van der Waals surface area (Å²) in [5.74, 6) is 0.900. The third-order valence-electron chi connectivity index (χ3n) is 4.36. The molecule has 0 aromatic heterocycles. The normalized spacial score (nSPS) is 39.9. The first kappa shape index (κ1) is 10.9. The fraction of sp³-hybridized carbons (Fsp3) is 0.917. The summed E-state index contributed by atoms with van der Waals surface area (Å²) in [6, 6.07) is 0. The van der Waals surface area contributed by atoms with Gasteiger partial charge >= 0.3 is 5.97 Å². The Morgan fingerprint density at radius 3 is 2.47 bits per heavy atom. The van der Waals surface area contributed by atoms with Gasteiger partial charge in [-0.25, -0.2) is 0 Å². The smallest absolute Gasteiger partial charge is 0.308 e. The summed E-state index contributed by atoms with van der Waals surface area (Å²) in [5, 5.41) is 0. The Labute approximate surface area is 91.4 Å². The van der Waals surface area contributed by atoms with Gasteiger partial charge in [-0.2, -0.15) is 0 Å². The van der Waals surface area contributed by atoms with Crippen molar-refractivity contribution >= 4 is 5.97 Å². The number of ether oxygens (including phenoxy) is 1. The molecule has 0 atom stereocenters. The van der Waals surface area contributed by atoms with Crippen molar-refractivity contribution in [2.24, 2.45) is 23.0 Å². The van der Waals surface area contributed by atoms with Crippen LogP contribution in [0.25, 0.3) is 0 Å². The molecule has 1 spiro atoms. The summed E-state index contributed by atoms with van der Waals surface area (Å²) in [5.41, 5.74) is 6.20. The lowest BCUT2D eigenvalue weighted by molar-refractivity contribution is -0.148. The van der Waals surface area contributed by atoms with E-state index in [-0.39, 0.29) is 11.9 Å². The molecular formula is C12H21NO2. The zero-order valence-corrected chi connectivity index (χ0v) is 9.50. The second-order valence-electron chi connectivity index (χ2n) is 5.31. The van der Waals surface area contributed by atoms with Crippen LogP contribution in [0.1, 0.15) is 38.5 Å². The zero-order valence-electron chi connectivity index (χ0n) is 9.50. The Bertz CT molecular complexity index is 236. The van der Waals surface area contributed by atoms with Crippen molar-refractivity contribution in [2.45, 2.75) is 38.5 Å². The fourth-order valence-electron chi connectivity index (χ4n) is 3.37. The summed E-state index contributed by atoms with van der Waals surface area (Å²) < 4.78 is 4.79. The van der Waals surface area contributed by atoms with Gasteiger partial charge in [-0.3, -0.25) is 4.79 Å². The van der Waals surface area contributed by atoms with E-state index in [9.17, 15) is 4.79 Å². The van der Waals surface area contributed by atoms with Crippen LogP contribution < -0.4 is 5.73 Å². The summed E-state index contributed by atoms with van der Waals surface area (Å²) in [6.45, 7) is 0.835. The Morgan fingerprint density at radius 2 is 2.00 bits per heavy atom. The largest absolute Gasteiger partial charge is 0.469 e. The second kappa shape index (κ2) is 4.12. The van der Waals surface area contributed by atoms with Gasteiger partial charge in [-0.15, -0.1) is 0 Å². The van der Waals surface area contributed by atoms with Gasteiger partial charge in [-0.05, 0) is 56.4 Å². The van der Waals surface area contributed by atoms with Crippen LogP contribution in [-0.2, 0) is 9.53 Å². The molecule has 0 radical (unpaired) electrons. The Morgan fingerprint density at radius 1 is 1.40 bits per heavy atom. The van der Waals surface area contributed by atoms with E-state index in [1.54, 1.807) is 0 Å². The number of hydrogen-bond donors (Lipinski definition) is 1. The molecular weight excluding hydrogens is 190 g/mol. The van der Waals surface area contributed by atoms with Gasteiger partial charge in [0, 0.05) is 0 Å². The maximum Gasteiger partial charge on any atom is 0.308 e. The van der Waals surface area contributed by atoms with Crippen LogP contribution in [-0.4, -0.2) is 19.6 Å². The maximum absolute atomic E-state index is 11.4. The van der Waals surface area contributed by atoms with E-state index < -0.39 is 0 Å². The molecule has 2 aliphatic carbocycles. The van der Waals surface area contributed by atoms with E-state index in [4.69, 9.17) is 10.5 Å². The molecule has 86 valence electrons. The highest BCUT2D eigenvalue weighted by atomic mass is 16.5. The standard InChI is InChI=1S/C12H21NO2/c1-15-11(14)10-2-4-12(5-3-10)6-9(7-12)8-13/h9-10H,2-8,13H2,1H3. The van der Waals surface area contributed by atoms with Gasteiger partial charge in [0.15, 0.2) is 0 Å². The molecule has 0 unspecified atom stereocenters. The van der Waals surface area contributed by atoms with E-state index in [0.29, 0.717) is 5.41 Å². The molecule has 0 heterocycles. The van der Waals surface area contributed by atoms with Crippen LogP contribution in [0.5, 0.6) is 0 Å². The average molecular weight is 211 g/mol. The van der Waals surface area contributed by atoms with Crippen LogP contribution in [0.2, 0.25) is 0 Å². The molecule has 0 bridgehead atoms. The molecule has 0 aromatic rings. The van der Waals surface area contributed by atoms with E-state index >= 15 is 0 Å². The van der Waals surface area contributed by atoms with Gasteiger partial charge in [0.1, 0.15) is 0 Å².